The van der Waals surface area contributed by atoms with Crippen molar-refractivity contribution in [2.24, 2.45) is 0 Å². The highest BCUT2D eigenvalue weighted by Crippen LogP contribution is 2.47. The summed E-state index contributed by atoms with van der Waals surface area (Å²) in [6.45, 7) is 2.32. The van der Waals surface area contributed by atoms with Gasteiger partial charge in [0.05, 0.1) is 6.61 Å². The summed E-state index contributed by atoms with van der Waals surface area (Å²) in [5, 5.41) is 26.1. The van der Waals surface area contributed by atoms with Crippen molar-refractivity contribution < 1.29 is 14.9 Å². The molecule has 0 aliphatic heterocycles. The van der Waals surface area contributed by atoms with Crippen molar-refractivity contribution in [3.05, 3.63) is 71.8 Å². The molecule has 0 aliphatic rings. The van der Waals surface area contributed by atoms with E-state index in [0.717, 1.165) is 27.1 Å². The molecule has 0 radical (unpaired) electrons. The van der Waals surface area contributed by atoms with E-state index in [-0.39, 0.29) is 11.5 Å². The molecule has 4 aromatic rings. The Morgan fingerprint density at radius 3 is 1.74 bits per heavy atom. The molecule has 27 heavy (non-hydrogen) atoms. The molecule has 3 nitrogen and oxygen atoms in total. The molecule has 0 unspecified atom stereocenters. The zero-order valence-electron chi connectivity index (χ0n) is 15.5. The van der Waals surface area contributed by atoms with E-state index in [1.165, 1.54) is 0 Å². The smallest absolute Gasteiger partial charge is 0.129 e. The van der Waals surface area contributed by atoms with Crippen molar-refractivity contribution in [3.63, 3.8) is 0 Å². The molecule has 3 heteroatoms. The molecule has 2 N–H and O–H groups in total. The van der Waals surface area contributed by atoms with Gasteiger partial charge in [-0.05, 0) is 45.7 Å². The SMILES string of the molecule is CCc1cc2ccccc2c(-c2c(O)c(COC)cc3ccccc23)c1O. The molecule has 0 spiro atoms. The lowest BCUT2D eigenvalue weighted by molar-refractivity contribution is 0.182. The first-order valence-electron chi connectivity index (χ1n) is 9.12. The zero-order chi connectivity index (χ0) is 19.0. The summed E-state index contributed by atoms with van der Waals surface area (Å²) in [6.07, 6.45) is 0.708. The van der Waals surface area contributed by atoms with Crippen molar-refractivity contribution >= 4 is 21.5 Å². The van der Waals surface area contributed by atoms with E-state index >= 15 is 0 Å². The van der Waals surface area contributed by atoms with Crippen LogP contribution in [0.3, 0.4) is 0 Å². The van der Waals surface area contributed by atoms with E-state index in [4.69, 9.17) is 4.74 Å². The maximum Gasteiger partial charge on any atom is 0.129 e. The third-order valence-corrected chi connectivity index (χ3v) is 5.13. The highest BCUT2D eigenvalue weighted by atomic mass is 16.5. The molecule has 0 bridgehead atoms. The van der Waals surface area contributed by atoms with Crippen molar-refractivity contribution in [3.8, 4) is 22.6 Å². The van der Waals surface area contributed by atoms with Crippen molar-refractivity contribution in [1.82, 2.24) is 0 Å². The lowest BCUT2D eigenvalue weighted by Gasteiger charge is -2.18. The lowest BCUT2D eigenvalue weighted by Crippen LogP contribution is -1.95. The number of hydrogen-bond donors (Lipinski definition) is 2. The van der Waals surface area contributed by atoms with Crippen LogP contribution >= 0.6 is 0 Å². The number of hydrogen-bond acceptors (Lipinski definition) is 3. The van der Waals surface area contributed by atoms with E-state index in [9.17, 15) is 10.2 Å². The maximum atomic E-state index is 11.1. The predicted molar refractivity (Wildman–Crippen MR) is 110 cm³/mol. The van der Waals surface area contributed by atoms with E-state index in [2.05, 4.69) is 0 Å². The average molecular weight is 358 g/mol. The number of methoxy groups -OCH3 is 1. The standard InChI is InChI=1S/C24H22O3/c1-3-15-12-16-8-4-6-10-19(16)21(23(15)25)22-20-11-7-5-9-17(20)13-18(14-27-2)24(22)26/h4-13,25-26H,3,14H2,1-2H3. The van der Waals surface area contributed by atoms with Crippen LogP contribution in [-0.2, 0) is 17.8 Å². The van der Waals surface area contributed by atoms with Crippen LogP contribution in [0.4, 0.5) is 0 Å². The normalized spacial score (nSPS) is 11.3. The van der Waals surface area contributed by atoms with Crippen molar-refractivity contribution in [2.45, 2.75) is 20.0 Å². The fourth-order valence-electron chi connectivity index (χ4n) is 3.83. The third kappa shape index (κ3) is 2.81. The number of ether oxygens (including phenoxy) is 1. The summed E-state index contributed by atoms with van der Waals surface area (Å²) >= 11 is 0. The minimum Gasteiger partial charge on any atom is -0.507 e. The molecule has 4 aromatic carbocycles. The maximum absolute atomic E-state index is 11.1. The number of aryl methyl sites for hydroxylation is 1. The van der Waals surface area contributed by atoms with Gasteiger partial charge in [-0.15, -0.1) is 0 Å². The summed E-state index contributed by atoms with van der Waals surface area (Å²) in [4.78, 5) is 0. The molecule has 0 fully saturated rings. The summed E-state index contributed by atoms with van der Waals surface area (Å²) in [5.74, 6) is 0.385. The average Bonchev–Trinajstić information content (AvgIpc) is 2.69. The summed E-state index contributed by atoms with van der Waals surface area (Å²) < 4.78 is 5.29. The summed E-state index contributed by atoms with van der Waals surface area (Å²) in [5.41, 5.74) is 2.90. The van der Waals surface area contributed by atoms with Gasteiger partial charge in [0.2, 0.25) is 0 Å². The Balaban J connectivity index is 2.20. The van der Waals surface area contributed by atoms with Crippen LogP contribution in [0.5, 0.6) is 11.5 Å². The monoisotopic (exact) mass is 358 g/mol. The third-order valence-electron chi connectivity index (χ3n) is 5.13. The van der Waals surface area contributed by atoms with Gasteiger partial charge in [0.25, 0.3) is 0 Å². The topological polar surface area (TPSA) is 49.7 Å². The van der Waals surface area contributed by atoms with Crippen LogP contribution in [0.15, 0.2) is 60.7 Å². The summed E-state index contributed by atoms with van der Waals surface area (Å²) in [6, 6.07) is 19.8. The minimum atomic E-state index is 0.157. The van der Waals surface area contributed by atoms with Gasteiger partial charge >= 0.3 is 0 Å². The van der Waals surface area contributed by atoms with Crippen LogP contribution in [0.1, 0.15) is 18.1 Å². The summed E-state index contributed by atoms with van der Waals surface area (Å²) in [7, 11) is 1.61. The largest absolute Gasteiger partial charge is 0.507 e. The number of fused-ring (bicyclic) bond motifs is 2. The van der Waals surface area contributed by atoms with Crippen LogP contribution in [0, 0.1) is 0 Å². The van der Waals surface area contributed by atoms with Gasteiger partial charge in [0.1, 0.15) is 11.5 Å². The first kappa shape index (κ1) is 17.4. The van der Waals surface area contributed by atoms with Crippen LogP contribution in [0.25, 0.3) is 32.7 Å². The Morgan fingerprint density at radius 2 is 1.22 bits per heavy atom. The van der Waals surface area contributed by atoms with Gasteiger partial charge in [0, 0.05) is 23.8 Å². The van der Waals surface area contributed by atoms with Crippen LogP contribution in [-0.4, -0.2) is 17.3 Å². The zero-order valence-corrected chi connectivity index (χ0v) is 15.5. The number of phenolic OH excluding ortho intramolecular Hbond substituents is 2. The molecular weight excluding hydrogens is 336 g/mol. The van der Waals surface area contributed by atoms with Gasteiger partial charge in [-0.2, -0.15) is 0 Å². The van der Waals surface area contributed by atoms with Crippen molar-refractivity contribution in [2.75, 3.05) is 7.11 Å². The number of aromatic hydroxyl groups is 2. The molecule has 4 rings (SSSR count). The molecule has 136 valence electrons. The lowest BCUT2D eigenvalue weighted by atomic mass is 9.88. The van der Waals surface area contributed by atoms with Crippen molar-refractivity contribution in [1.29, 1.82) is 0 Å². The van der Waals surface area contributed by atoms with E-state index in [1.807, 2.05) is 67.6 Å². The molecule has 0 aliphatic carbocycles. The Labute approximate surface area is 158 Å². The fraction of sp³-hybridized carbons (Fsp3) is 0.167. The first-order valence-corrected chi connectivity index (χ1v) is 9.12. The van der Waals surface area contributed by atoms with Gasteiger partial charge in [0.15, 0.2) is 0 Å². The molecule has 0 saturated heterocycles. The first-order chi connectivity index (χ1) is 13.2. The minimum absolute atomic E-state index is 0.157. The number of benzene rings is 4. The van der Waals surface area contributed by atoms with E-state index < -0.39 is 0 Å². The molecule has 0 aromatic heterocycles. The highest BCUT2D eigenvalue weighted by molar-refractivity contribution is 6.10. The van der Waals surface area contributed by atoms with Crippen LogP contribution < -0.4 is 0 Å². The molecule has 0 atom stereocenters. The van der Waals surface area contributed by atoms with Gasteiger partial charge in [-0.1, -0.05) is 55.5 Å². The predicted octanol–water partition coefficient (Wildman–Crippen LogP) is 5.78. The Kier molecular flexibility index (Phi) is 4.46. The van der Waals surface area contributed by atoms with Crippen LogP contribution in [0.2, 0.25) is 0 Å². The highest BCUT2D eigenvalue weighted by Gasteiger charge is 2.21. The quantitative estimate of drug-likeness (QED) is 0.486. The Morgan fingerprint density at radius 1 is 0.741 bits per heavy atom. The number of phenols is 2. The second kappa shape index (κ2) is 6.93. The second-order valence-corrected chi connectivity index (χ2v) is 6.75. The second-order valence-electron chi connectivity index (χ2n) is 6.75. The molecule has 0 amide bonds. The van der Waals surface area contributed by atoms with E-state index in [0.29, 0.717) is 29.7 Å². The van der Waals surface area contributed by atoms with Gasteiger partial charge in [-0.25, -0.2) is 0 Å². The van der Waals surface area contributed by atoms with E-state index in [1.54, 1.807) is 7.11 Å². The molecule has 0 saturated carbocycles. The fourth-order valence-corrected chi connectivity index (χ4v) is 3.83. The number of rotatable bonds is 4. The Bertz CT molecular complexity index is 1150. The molecular formula is C24H22O3. The Hall–Kier alpha value is -3.04. The van der Waals surface area contributed by atoms with Gasteiger partial charge < -0.3 is 14.9 Å². The van der Waals surface area contributed by atoms with Gasteiger partial charge in [-0.3, -0.25) is 0 Å². The molecule has 0 heterocycles.